The largest absolute Gasteiger partial charge is 0.364 e. The Kier molecular flexibility index (Phi) is 5.22. The number of hydrogen-bond donors (Lipinski definition) is 1. The molecule has 10 heteroatoms. The number of halogens is 2. The minimum absolute atomic E-state index is 0.0525. The third-order valence-corrected chi connectivity index (χ3v) is 6.99. The molecule has 8 nitrogen and oxygen atoms in total. The van der Waals surface area contributed by atoms with Crippen molar-refractivity contribution in [2.75, 3.05) is 7.05 Å². The third-order valence-electron chi connectivity index (χ3n) is 6.25. The Hall–Kier alpha value is -2.84. The molecule has 2 amide bonds. The van der Waals surface area contributed by atoms with Crippen molar-refractivity contribution < 1.29 is 14.1 Å². The number of nitrogens with zero attached hydrogens (tertiary/aromatic N) is 4. The van der Waals surface area contributed by atoms with Gasteiger partial charge in [-0.15, -0.1) is 0 Å². The van der Waals surface area contributed by atoms with Crippen LogP contribution in [0.4, 0.5) is 0 Å². The van der Waals surface area contributed by atoms with E-state index in [0.29, 0.717) is 47.2 Å². The maximum absolute atomic E-state index is 13.3. The van der Waals surface area contributed by atoms with Gasteiger partial charge in [-0.25, -0.2) is 0 Å². The number of amides is 2. The summed E-state index contributed by atoms with van der Waals surface area (Å²) in [5.41, 5.74) is 4.69. The van der Waals surface area contributed by atoms with E-state index in [-0.39, 0.29) is 23.8 Å². The summed E-state index contributed by atoms with van der Waals surface area (Å²) in [5, 5.41) is 12.5. The molecule has 2 aromatic heterocycles. The summed E-state index contributed by atoms with van der Waals surface area (Å²) in [4.78, 5) is 27.6. The molecule has 4 heterocycles. The molecule has 2 aliphatic rings. The van der Waals surface area contributed by atoms with Gasteiger partial charge in [-0.05, 0) is 31.5 Å². The molecule has 0 unspecified atom stereocenters. The SMILES string of the molecule is CNC(=O)[C@@H]1Cc2conc2-c2c3c(nn2C1)C[C@@H](C)N(C(=O)c1ccc(Cl)c(Cl)c1)C3. The van der Waals surface area contributed by atoms with Crippen molar-refractivity contribution in [3.8, 4) is 11.4 Å². The minimum Gasteiger partial charge on any atom is -0.364 e. The Bertz CT molecular complexity index is 1230. The Morgan fingerprint density at radius 3 is 2.78 bits per heavy atom. The lowest BCUT2D eigenvalue weighted by molar-refractivity contribution is -0.124. The fourth-order valence-electron chi connectivity index (χ4n) is 4.57. The van der Waals surface area contributed by atoms with E-state index in [9.17, 15) is 9.59 Å². The van der Waals surface area contributed by atoms with E-state index in [1.54, 1.807) is 31.5 Å². The van der Waals surface area contributed by atoms with Gasteiger partial charge in [0.25, 0.3) is 5.91 Å². The van der Waals surface area contributed by atoms with E-state index in [4.69, 9.17) is 32.8 Å². The van der Waals surface area contributed by atoms with Crippen LogP contribution >= 0.6 is 23.2 Å². The van der Waals surface area contributed by atoms with E-state index < -0.39 is 0 Å². The molecule has 1 N–H and O–H groups in total. The quantitative estimate of drug-likeness (QED) is 0.615. The summed E-state index contributed by atoms with van der Waals surface area (Å²) in [6.45, 7) is 2.81. The molecule has 0 aliphatic carbocycles. The van der Waals surface area contributed by atoms with Crippen LogP contribution in [-0.2, 0) is 30.7 Å². The lowest BCUT2D eigenvalue weighted by Crippen LogP contribution is -2.42. The highest BCUT2D eigenvalue weighted by molar-refractivity contribution is 6.42. The van der Waals surface area contributed by atoms with Gasteiger partial charge in [0.05, 0.1) is 40.4 Å². The highest BCUT2D eigenvalue weighted by Crippen LogP contribution is 2.37. The number of aromatic nitrogens is 3. The van der Waals surface area contributed by atoms with Crippen molar-refractivity contribution in [3.05, 3.63) is 56.9 Å². The van der Waals surface area contributed by atoms with Crippen molar-refractivity contribution in [1.82, 2.24) is 25.2 Å². The van der Waals surface area contributed by atoms with E-state index >= 15 is 0 Å². The maximum atomic E-state index is 13.3. The first-order valence-electron chi connectivity index (χ1n) is 10.4. The molecule has 0 saturated carbocycles. The zero-order chi connectivity index (χ0) is 22.6. The van der Waals surface area contributed by atoms with Crippen LogP contribution in [-0.4, -0.2) is 44.7 Å². The first-order chi connectivity index (χ1) is 15.4. The molecule has 5 rings (SSSR count). The molecule has 0 saturated heterocycles. The van der Waals surface area contributed by atoms with Crippen molar-refractivity contribution >= 4 is 35.0 Å². The normalized spacial score (nSPS) is 19.6. The average Bonchev–Trinajstić information content (AvgIpc) is 3.33. The van der Waals surface area contributed by atoms with Crippen LogP contribution in [0.25, 0.3) is 11.4 Å². The summed E-state index contributed by atoms with van der Waals surface area (Å²) in [5.74, 6) is -0.464. The second-order valence-electron chi connectivity index (χ2n) is 8.27. The second kappa shape index (κ2) is 7.94. The van der Waals surface area contributed by atoms with Gasteiger partial charge in [0, 0.05) is 36.2 Å². The number of carbonyl (C=O) groups excluding carboxylic acids is 2. The Morgan fingerprint density at radius 1 is 1.22 bits per heavy atom. The second-order valence-corrected chi connectivity index (χ2v) is 9.09. The molecule has 3 aromatic rings. The number of nitrogens with one attached hydrogen (secondary N) is 1. The zero-order valence-electron chi connectivity index (χ0n) is 17.6. The first kappa shape index (κ1) is 21.0. The van der Waals surface area contributed by atoms with Crippen LogP contribution in [0, 0.1) is 5.92 Å². The van der Waals surface area contributed by atoms with E-state index in [1.165, 1.54) is 0 Å². The molecule has 166 valence electrons. The summed E-state index contributed by atoms with van der Waals surface area (Å²) in [6, 6.07) is 4.84. The molecular formula is C22H21Cl2N5O3. The summed E-state index contributed by atoms with van der Waals surface area (Å²) in [7, 11) is 1.63. The monoisotopic (exact) mass is 473 g/mol. The topological polar surface area (TPSA) is 93.3 Å². The molecule has 0 spiro atoms. The van der Waals surface area contributed by atoms with E-state index in [0.717, 1.165) is 22.5 Å². The van der Waals surface area contributed by atoms with Crippen LogP contribution in [0.2, 0.25) is 10.0 Å². The summed E-state index contributed by atoms with van der Waals surface area (Å²) >= 11 is 12.2. The predicted molar refractivity (Wildman–Crippen MR) is 118 cm³/mol. The molecule has 0 radical (unpaired) electrons. The molecule has 1 aromatic carbocycles. The number of carbonyl (C=O) groups is 2. The van der Waals surface area contributed by atoms with Gasteiger partial charge in [-0.2, -0.15) is 5.10 Å². The summed E-state index contributed by atoms with van der Waals surface area (Å²) < 4.78 is 7.11. The zero-order valence-corrected chi connectivity index (χ0v) is 19.1. The van der Waals surface area contributed by atoms with Crippen molar-refractivity contribution in [2.24, 2.45) is 5.92 Å². The number of rotatable bonds is 2. The highest BCUT2D eigenvalue weighted by atomic mass is 35.5. The predicted octanol–water partition coefficient (Wildman–Crippen LogP) is 3.35. The molecule has 0 fully saturated rings. The van der Waals surface area contributed by atoms with E-state index in [2.05, 4.69) is 10.5 Å². The third kappa shape index (κ3) is 3.38. The van der Waals surface area contributed by atoms with Gasteiger partial charge in [0.2, 0.25) is 5.91 Å². The molecule has 2 atom stereocenters. The van der Waals surface area contributed by atoms with Gasteiger partial charge in [-0.3, -0.25) is 14.3 Å². The van der Waals surface area contributed by atoms with Crippen LogP contribution < -0.4 is 5.32 Å². The molecule has 2 aliphatic heterocycles. The highest BCUT2D eigenvalue weighted by Gasteiger charge is 2.37. The van der Waals surface area contributed by atoms with Crippen LogP contribution in [0.15, 0.2) is 29.0 Å². The first-order valence-corrected chi connectivity index (χ1v) is 11.1. The van der Waals surface area contributed by atoms with Gasteiger partial charge in [0.15, 0.2) is 0 Å². The Morgan fingerprint density at radius 2 is 2.03 bits per heavy atom. The maximum Gasteiger partial charge on any atom is 0.254 e. The van der Waals surface area contributed by atoms with Crippen LogP contribution in [0.1, 0.15) is 34.1 Å². The van der Waals surface area contributed by atoms with E-state index in [1.807, 2.05) is 16.5 Å². The lowest BCUT2D eigenvalue weighted by atomic mass is 9.95. The molecular weight excluding hydrogens is 453 g/mol. The molecule has 0 bridgehead atoms. The van der Waals surface area contributed by atoms with Crippen LogP contribution in [0.3, 0.4) is 0 Å². The average molecular weight is 474 g/mol. The summed E-state index contributed by atoms with van der Waals surface area (Å²) in [6.07, 6.45) is 2.70. The van der Waals surface area contributed by atoms with Crippen molar-refractivity contribution in [2.45, 2.75) is 38.9 Å². The lowest BCUT2D eigenvalue weighted by Gasteiger charge is -2.33. The minimum atomic E-state index is -0.285. The Balaban J connectivity index is 1.55. The van der Waals surface area contributed by atoms with Gasteiger partial charge in [0.1, 0.15) is 12.0 Å². The number of benzene rings is 1. The van der Waals surface area contributed by atoms with Gasteiger partial charge >= 0.3 is 0 Å². The fourth-order valence-corrected chi connectivity index (χ4v) is 4.87. The Labute approximate surface area is 194 Å². The van der Waals surface area contributed by atoms with Gasteiger partial charge in [-0.1, -0.05) is 28.4 Å². The van der Waals surface area contributed by atoms with Crippen molar-refractivity contribution in [3.63, 3.8) is 0 Å². The molecule has 32 heavy (non-hydrogen) atoms. The standard InChI is InChI=1S/C22H21Cl2N5O3/c1-11-5-18-15(9-28(11)22(31)12-3-4-16(23)17(24)7-12)20-19-14(10-32-27-19)6-13(21(30)25-2)8-29(20)26-18/h3-4,7,10-11,13H,5-6,8-9H2,1-2H3,(H,25,30)/t11-,13-/m1/s1. The number of hydrogen-bond acceptors (Lipinski definition) is 5. The van der Waals surface area contributed by atoms with Gasteiger partial charge < -0.3 is 14.7 Å². The smallest absolute Gasteiger partial charge is 0.254 e. The van der Waals surface area contributed by atoms with Crippen LogP contribution in [0.5, 0.6) is 0 Å². The van der Waals surface area contributed by atoms with Crippen molar-refractivity contribution in [1.29, 1.82) is 0 Å². The fraction of sp³-hybridized carbons (Fsp3) is 0.364. The number of fused-ring (bicyclic) bond motifs is 5.